The minimum absolute atomic E-state index is 0.564. The number of nitrogens with one attached hydrogen (secondary N) is 1. The van der Waals surface area contributed by atoms with Crippen LogP contribution >= 0.6 is 0 Å². The summed E-state index contributed by atoms with van der Waals surface area (Å²) in [6.45, 7) is 1.92. The average molecular weight is 175 g/mol. The van der Waals surface area contributed by atoms with Gasteiger partial charge in [0.1, 0.15) is 10.2 Å². The zero-order valence-corrected chi connectivity index (χ0v) is 8.02. The molecule has 0 saturated carbocycles. The third-order valence-corrected chi connectivity index (χ3v) is 1.92. The van der Waals surface area contributed by atoms with Crippen molar-refractivity contribution in [2.24, 2.45) is 5.73 Å². The van der Waals surface area contributed by atoms with Gasteiger partial charge in [0.05, 0.1) is 0 Å². The molecule has 0 unspecified atom stereocenters. The summed E-state index contributed by atoms with van der Waals surface area (Å²) in [6, 6.07) is 0. The molecule has 0 aromatic carbocycles. The number of ether oxygens (including phenoxy) is 2. The van der Waals surface area contributed by atoms with Crippen LogP contribution in [0.15, 0.2) is 0 Å². The van der Waals surface area contributed by atoms with Crippen molar-refractivity contribution in [2.45, 2.75) is 5.41 Å². The van der Waals surface area contributed by atoms with Gasteiger partial charge in [-0.25, -0.2) is 0 Å². The summed E-state index contributed by atoms with van der Waals surface area (Å²) >= 11 is 0. The quantitative estimate of drug-likeness (QED) is 0.298. The monoisotopic (exact) mass is 175 g/mol. The van der Waals surface area contributed by atoms with E-state index < -0.39 is 5.41 Å². The van der Waals surface area contributed by atoms with Gasteiger partial charge in [-0.15, -0.1) is 0 Å². The average Bonchev–Trinajstić information content (AvgIpc) is 2.05. The Balaban J connectivity index is 3.51. The molecule has 0 aliphatic heterocycles. The second-order valence-corrected chi connectivity index (χ2v) is 2.89. The Kier molecular flexibility index (Phi) is 5.70. The van der Waals surface area contributed by atoms with E-state index in [0.29, 0.717) is 13.1 Å². The highest BCUT2D eigenvalue weighted by atomic mass is 28.1. The van der Waals surface area contributed by atoms with Crippen molar-refractivity contribution in [3.05, 3.63) is 0 Å². The summed E-state index contributed by atoms with van der Waals surface area (Å²) in [4.78, 5) is 0. The number of hydrogen-bond donors (Lipinski definition) is 2. The first-order chi connectivity index (χ1) is 5.18. The maximum absolute atomic E-state index is 5.28. The zero-order valence-electron chi connectivity index (χ0n) is 7.02. The first kappa shape index (κ1) is 11.1. The Morgan fingerprint density at radius 3 is 2.36 bits per heavy atom. The van der Waals surface area contributed by atoms with Gasteiger partial charge in [0.25, 0.3) is 0 Å². The van der Waals surface area contributed by atoms with Crippen molar-refractivity contribution in [2.75, 3.05) is 33.9 Å². The normalized spacial score (nSPS) is 12.0. The van der Waals surface area contributed by atoms with Crippen LogP contribution in [-0.2, 0) is 9.47 Å². The van der Waals surface area contributed by atoms with Gasteiger partial charge >= 0.3 is 0 Å². The van der Waals surface area contributed by atoms with Crippen LogP contribution in [0.25, 0.3) is 0 Å². The molecule has 3 N–H and O–H groups in total. The second-order valence-electron chi connectivity index (χ2n) is 2.13. The molecule has 0 fully saturated rings. The molecule has 0 rings (SSSR count). The largest absolute Gasteiger partial charge is 0.357 e. The molecule has 0 atom stereocenters. The predicted octanol–water partition coefficient (Wildman–Crippen LogP) is -1.35. The van der Waals surface area contributed by atoms with Gasteiger partial charge in [0.15, 0.2) is 5.41 Å². The summed E-state index contributed by atoms with van der Waals surface area (Å²) in [7, 11) is 6.46. The standard InChI is InChI=1S/C6H15N2O2Si/c1-9-6(11,10-2)5-8-4-3-7/h8H,3-5,7H2,1-2H3. The fraction of sp³-hybridized carbons (Fsp3) is 1.00. The molecule has 0 aromatic heterocycles. The van der Waals surface area contributed by atoms with Gasteiger partial charge in [-0.05, 0) is 0 Å². The van der Waals surface area contributed by atoms with Crippen LogP contribution < -0.4 is 11.1 Å². The number of nitrogens with two attached hydrogens (primary N) is 1. The van der Waals surface area contributed by atoms with Gasteiger partial charge in [-0.2, -0.15) is 0 Å². The van der Waals surface area contributed by atoms with E-state index in [-0.39, 0.29) is 0 Å². The minimum atomic E-state index is -0.727. The van der Waals surface area contributed by atoms with Crippen LogP contribution in [0, 0.1) is 0 Å². The summed E-state index contributed by atoms with van der Waals surface area (Å²) in [6.07, 6.45) is 0. The highest BCUT2D eigenvalue weighted by Gasteiger charge is 2.21. The molecule has 4 nitrogen and oxygen atoms in total. The van der Waals surface area contributed by atoms with E-state index in [1.807, 2.05) is 0 Å². The second kappa shape index (κ2) is 5.67. The van der Waals surface area contributed by atoms with Crippen LogP contribution in [-0.4, -0.2) is 49.5 Å². The molecule has 0 spiro atoms. The smallest absolute Gasteiger partial charge is 0.155 e. The molecule has 0 heterocycles. The summed E-state index contributed by atoms with van der Waals surface area (Å²) < 4.78 is 10.0. The molecule has 5 heteroatoms. The van der Waals surface area contributed by atoms with E-state index in [1.165, 1.54) is 0 Å². The van der Waals surface area contributed by atoms with Gasteiger partial charge in [0.2, 0.25) is 0 Å². The Hall–Kier alpha value is 0.0569. The van der Waals surface area contributed by atoms with E-state index in [9.17, 15) is 0 Å². The minimum Gasteiger partial charge on any atom is -0.357 e. The molecule has 0 amide bonds. The van der Waals surface area contributed by atoms with Gasteiger partial charge in [-0.3, -0.25) is 0 Å². The Bertz CT molecular complexity index is 98.6. The molecule has 0 bridgehead atoms. The number of hydrogen-bond acceptors (Lipinski definition) is 4. The third kappa shape index (κ3) is 4.49. The van der Waals surface area contributed by atoms with Crippen molar-refractivity contribution in [3.8, 4) is 0 Å². The van der Waals surface area contributed by atoms with Crippen molar-refractivity contribution in [1.29, 1.82) is 0 Å². The predicted molar refractivity (Wildman–Crippen MR) is 44.4 cm³/mol. The molecule has 11 heavy (non-hydrogen) atoms. The van der Waals surface area contributed by atoms with Crippen molar-refractivity contribution in [3.63, 3.8) is 0 Å². The molecule has 0 aliphatic rings. The maximum Gasteiger partial charge on any atom is 0.155 e. The highest BCUT2D eigenvalue weighted by Crippen LogP contribution is 2.02. The van der Waals surface area contributed by atoms with Gasteiger partial charge in [-0.1, -0.05) is 0 Å². The van der Waals surface area contributed by atoms with E-state index in [1.54, 1.807) is 14.2 Å². The zero-order chi connectivity index (χ0) is 8.74. The maximum atomic E-state index is 5.28. The topological polar surface area (TPSA) is 56.5 Å². The van der Waals surface area contributed by atoms with Crippen molar-refractivity contribution >= 4 is 10.2 Å². The summed E-state index contributed by atoms with van der Waals surface area (Å²) in [5.41, 5.74) is 4.55. The Morgan fingerprint density at radius 2 is 2.00 bits per heavy atom. The van der Waals surface area contributed by atoms with E-state index in [2.05, 4.69) is 15.6 Å². The van der Waals surface area contributed by atoms with E-state index >= 15 is 0 Å². The highest BCUT2D eigenvalue weighted by molar-refractivity contribution is 6.13. The Morgan fingerprint density at radius 1 is 1.45 bits per heavy atom. The summed E-state index contributed by atoms with van der Waals surface area (Å²) in [5.74, 6) is 0. The molecule has 3 radical (unpaired) electrons. The lowest BCUT2D eigenvalue weighted by atomic mass is 10.5. The van der Waals surface area contributed by atoms with Crippen LogP contribution in [0.3, 0.4) is 0 Å². The Labute approximate surface area is 70.9 Å². The van der Waals surface area contributed by atoms with Crippen LogP contribution in [0.2, 0.25) is 0 Å². The van der Waals surface area contributed by atoms with Crippen molar-refractivity contribution in [1.82, 2.24) is 5.32 Å². The molecular formula is C6H15N2O2Si. The summed E-state index contributed by atoms with van der Waals surface area (Å²) in [5, 5.41) is 3.05. The lowest BCUT2D eigenvalue weighted by molar-refractivity contribution is -0.138. The van der Waals surface area contributed by atoms with Gasteiger partial charge in [0, 0.05) is 33.9 Å². The van der Waals surface area contributed by atoms with Crippen molar-refractivity contribution < 1.29 is 9.47 Å². The fourth-order valence-corrected chi connectivity index (χ4v) is 0.708. The number of rotatable bonds is 6. The molecule has 0 aliphatic carbocycles. The van der Waals surface area contributed by atoms with Crippen LogP contribution in [0.5, 0.6) is 0 Å². The first-order valence-electron chi connectivity index (χ1n) is 3.44. The third-order valence-electron chi connectivity index (χ3n) is 1.34. The molecule has 65 valence electrons. The number of methoxy groups -OCH3 is 2. The van der Waals surface area contributed by atoms with E-state index in [4.69, 9.17) is 15.2 Å². The molecule has 0 saturated heterocycles. The SMILES string of the molecule is COC([Si])(CNCCN)OC. The molecule has 0 aromatic rings. The lowest BCUT2D eigenvalue weighted by Gasteiger charge is -2.26. The van der Waals surface area contributed by atoms with Crippen LogP contribution in [0.4, 0.5) is 0 Å². The fourth-order valence-electron chi connectivity index (χ4n) is 0.583. The molecular weight excluding hydrogens is 160 g/mol. The van der Waals surface area contributed by atoms with Gasteiger partial charge < -0.3 is 20.5 Å². The lowest BCUT2D eigenvalue weighted by Crippen LogP contribution is -2.45. The first-order valence-corrected chi connectivity index (χ1v) is 3.94. The van der Waals surface area contributed by atoms with Crippen LogP contribution in [0.1, 0.15) is 0 Å². The van der Waals surface area contributed by atoms with E-state index in [0.717, 1.165) is 6.54 Å².